The van der Waals surface area contributed by atoms with E-state index in [1.165, 1.54) is 48.9 Å². The van der Waals surface area contributed by atoms with Crippen molar-refractivity contribution in [1.29, 1.82) is 0 Å². The topological polar surface area (TPSA) is 63.1 Å². The summed E-state index contributed by atoms with van der Waals surface area (Å²) in [6.07, 6.45) is 8.75. The Morgan fingerprint density at radius 2 is 1.41 bits per heavy atom. The van der Waals surface area contributed by atoms with Crippen LogP contribution in [-0.4, -0.2) is 20.9 Å². The van der Waals surface area contributed by atoms with E-state index < -0.39 is 0 Å². The Balaban J connectivity index is 0.000000347. The van der Waals surface area contributed by atoms with Gasteiger partial charge in [-0.2, -0.15) is 0 Å². The molecule has 3 aromatic carbocycles. The molecule has 0 saturated heterocycles. The van der Waals surface area contributed by atoms with E-state index in [-0.39, 0.29) is 59.7 Å². The summed E-state index contributed by atoms with van der Waals surface area (Å²) in [5.41, 5.74) is 10.4. The molecule has 0 amide bonds. The van der Waals surface area contributed by atoms with Gasteiger partial charge in [0.05, 0.1) is 11.3 Å². The van der Waals surface area contributed by atoms with E-state index in [2.05, 4.69) is 110 Å². The van der Waals surface area contributed by atoms with Crippen molar-refractivity contribution >= 4 is 38.1 Å². The van der Waals surface area contributed by atoms with Gasteiger partial charge in [0, 0.05) is 64.3 Å². The molecule has 6 rings (SSSR count). The van der Waals surface area contributed by atoms with Crippen LogP contribution in [-0.2, 0) is 43.2 Å². The van der Waals surface area contributed by atoms with Crippen molar-refractivity contribution in [3.63, 3.8) is 0 Å². The number of allylic oxidation sites excluding steroid dienone is 2. The van der Waals surface area contributed by atoms with Gasteiger partial charge in [-0.3, -0.25) is 9.78 Å². The smallest absolute Gasteiger partial charge is 0.162 e. The van der Waals surface area contributed by atoms with Crippen LogP contribution in [0.3, 0.4) is 0 Å². The normalized spacial score (nSPS) is 13.9. The molecule has 291 valence electrons. The van der Waals surface area contributed by atoms with Crippen LogP contribution in [0.5, 0.6) is 0 Å². The Hall–Kier alpha value is -3.18. The zero-order chi connectivity index (χ0) is 38.9. The van der Waals surface area contributed by atoms with Crippen LogP contribution in [0.4, 0.5) is 0 Å². The van der Waals surface area contributed by atoms with E-state index >= 15 is 0 Å². The minimum Gasteiger partial charge on any atom is -0.512 e. The minimum absolute atomic E-state index is 0. The molecule has 0 bridgehead atoms. The summed E-state index contributed by atoms with van der Waals surface area (Å²) in [7, 11) is 0. The summed E-state index contributed by atoms with van der Waals surface area (Å²) in [6, 6.07) is 22.0. The Morgan fingerprint density at radius 1 is 0.833 bits per heavy atom. The molecule has 54 heavy (non-hydrogen) atoms. The number of aromatic nitrogens is 2. The van der Waals surface area contributed by atoms with Gasteiger partial charge in [-0.25, -0.2) is 4.98 Å². The maximum atomic E-state index is 11.7. The van der Waals surface area contributed by atoms with Gasteiger partial charge in [0.15, 0.2) is 5.78 Å². The van der Waals surface area contributed by atoms with Gasteiger partial charge in [0.25, 0.3) is 0 Å². The average Bonchev–Trinajstić information content (AvgIpc) is 3.57. The molecule has 1 N–H and O–H groups in total. The first-order chi connectivity index (χ1) is 24.9. The fourth-order valence-electron chi connectivity index (χ4n) is 7.91. The summed E-state index contributed by atoms with van der Waals surface area (Å²) in [5, 5.41) is 12.1. The number of fused-ring (bicyclic) bond motifs is 6. The maximum absolute atomic E-state index is 11.7. The van der Waals surface area contributed by atoms with Crippen molar-refractivity contribution in [3.05, 3.63) is 95.0 Å². The number of thiophene rings is 1. The third kappa shape index (κ3) is 9.60. The maximum Gasteiger partial charge on any atom is 0.162 e. The minimum atomic E-state index is -0.0935. The van der Waals surface area contributed by atoms with Crippen molar-refractivity contribution in [2.75, 3.05) is 0 Å². The summed E-state index contributed by atoms with van der Waals surface area (Å²) < 4.78 is 1.17. The van der Waals surface area contributed by atoms with E-state index in [0.717, 1.165) is 60.7 Å². The van der Waals surface area contributed by atoms with Gasteiger partial charge in [0.1, 0.15) is 6.33 Å². The quantitative estimate of drug-likeness (QED) is 0.0861. The fourth-order valence-corrected chi connectivity index (χ4v) is 9.36. The fraction of sp³-hybridized carbons (Fsp3) is 0.479. The Labute approximate surface area is 342 Å². The van der Waals surface area contributed by atoms with E-state index in [4.69, 9.17) is 9.97 Å². The van der Waals surface area contributed by atoms with Gasteiger partial charge in [-0.15, -0.1) is 41.0 Å². The molecule has 0 unspecified atom stereocenters. The molecule has 1 aliphatic carbocycles. The first-order valence-corrected chi connectivity index (χ1v) is 20.5. The molecule has 4 nitrogen and oxygen atoms in total. The van der Waals surface area contributed by atoms with Crippen LogP contribution in [0, 0.1) is 28.7 Å². The van der Waals surface area contributed by atoms with Crippen molar-refractivity contribution in [1.82, 2.24) is 9.97 Å². The van der Waals surface area contributed by atoms with Gasteiger partial charge in [-0.05, 0) is 66.0 Å². The van der Waals surface area contributed by atoms with Crippen LogP contribution < -0.4 is 0 Å². The number of ketones is 1. The molecule has 0 saturated carbocycles. The van der Waals surface area contributed by atoms with E-state index in [1.807, 2.05) is 39.0 Å². The van der Waals surface area contributed by atoms with E-state index in [1.54, 1.807) is 6.33 Å². The zero-order valence-electron chi connectivity index (χ0n) is 34.7. The number of carbonyl (C=O) groups is 1. The number of hydrogen-bond acceptors (Lipinski definition) is 5. The predicted octanol–water partition coefficient (Wildman–Crippen LogP) is 13.7. The summed E-state index contributed by atoms with van der Waals surface area (Å²) in [5.74, 6) is 0.547. The molecule has 1 radical (unpaired) electrons. The third-order valence-corrected chi connectivity index (χ3v) is 11.9. The first kappa shape index (κ1) is 43.5. The number of benzene rings is 3. The molecular formula is C48H61IrN2O2S-. The second kappa shape index (κ2) is 17.3. The number of carbonyl (C=O) groups excluding carboxylic acids is 1. The number of hydrogen-bond donors (Lipinski definition) is 1. The van der Waals surface area contributed by atoms with Gasteiger partial charge >= 0.3 is 0 Å². The van der Waals surface area contributed by atoms with Crippen LogP contribution in [0.15, 0.2) is 66.7 Å². The molecular weight excluding hydrogens is 861 g/mol. The molecule has 0 aliphatic heterocycles. The number of rotatable bonds is 10. The molecule has 0 spiro atoms. The predicted molar refractivity (Wildman–Crippen MR) is 227 cm³/mol. The Kier molecular flexibility index (Phi) is 14.0. The standard InChI is InChI=1S/C35H37N2S.C13H24O2.Ir/c1-33(2,3)18-21-9-11-23-12-13-24(17-25(23)15-21)29-32-30(37-20-36-29)28-31(38-32)26-16-22(19-34(4,5)6)10-14-27(26)35(28,7)8;1-5-10(6-2)12(14)9-13(15)11(7-3)8-4;/h9-16,20H,18-19H2,1-8H3;9-11,14H,5-8H2,1-4H3;/q-1;;/b;12-9-;. The van der Waals surface area contributed by atoms with Gasteiger partial charge < -0.3 is 5.11 Å². The van der Waals surface area contributed by atoms with Crippen molar-refractivity contribution in [3.8, 4) is 21.7 Å². The van der Waals surface area contributed by atoms with Crippen molar-refractivity contribution in [2.45, 2.75) is 127 Å². The van der Waals surface area contributed by atoms with Crippen LogP contribution in [0.2, 0.25) is 0 Å². The summed E-state index contributed by atoms with van der Waals surface area (Å²) in [6.45, 7) is 26.5. The molecule has 6 heteroatoms. The SMILES string of the molecule is CC(C)(C)Cc1ccc2c(c1)-c1sc3c(-c4[c-]c5cc(CC(C)(C)C)ccc5cc4)ncnc3c1C2(C)C.CCC(CC)C(=O)/C=C(\O)C(CC)CC.[Ir]. The van der Waals surface area contributed by atoms with Crippen LogP contribution in [0.1, 0.15) is 131 Å². The van der Waals surface area contributed by atoms with Crippen LogP contribution in [0.25, 0.3) is 42.7 Å². The number of nitrogens with zero attached hydrogens (tertiary/aromatic N) is 2. The second-order valence-electron chi connectivity index (χ2n) is 18.0. The Bertz CT molecular complexity index is 2120. The third-order valence-electron chi connectivity index (χ3n) is 10.7. The monoisotopic (exact) mass is 922 g/mol. The molecule has 2 heterocycles. The second-order valence-corrected chi connectivity index (χ2v) is 19.0. The summed E-state index contributed by atoms with van der Waals surface area (Å²) >= 11 is 1.85. The molecule has 0 atom stereocenters. The average molecular weight is 922 g/mol. The molecule has 0 fully saturated rings. The Morgan fingerprint density at radius 3 is 2.00 bits per heavy atom. The van der Waals surface area contributed by atoms with Crippen LogP contribution >= 0.6 is 11.3 Å². The van der Waals surface area contributed by atoms with Crippen molar-refractivity contribution in [2.24, 2.45) is 22.7 Å². The first-order valence-electron chi connectivity index (χ1n) is 19.7. The largest absolute Gasteiger partial charge is 0.512 e. The molecule has 2 aromatic heterocycles. The summed E-state index contributed by atoms with van der Waals surface area (Å²) in [4.78, 5) is 22.7. The van der Waals surface area contributed by atoms with Gasteiger partial charge in [0.2, 0.25) is 0 Å². The van der Waals surface area contributed by atoms with Crippen molar-refractivity contribution < 1.29 is 30.0 Å². The number of aliphatic hydroxyl groups excluding tert-OH is 1. The number of aliphatic hydroxyl groups is 1. The molecule has 1 aliphatic rings. The van der Waals surface area contributed by atoms with E-state index in [9.17, 15) is 9.90 Å². The molecule has 5 aromatic rings. The van der Waals surface area contributed by atoms with Gasteiger partial charge in [-0.1, -0.05) is 130 Å². The van der Waals surface area contributed by atoms with E-state index in [0.29, 0.717) is 0 Å². The zero-order valence-corrected chi connectivity index (χ0v) is 37.9.